The SMILES string of the molecule is CN(C)C(=O)CNC(=O)[C@@H]1C[C@H]1c1ccc(Cl)cc1Cl. The highest BCUT2D eigenvalue weighted by Crippen LogP contribution is 2.49. The van der Waals surface area contributed by atoms with Gasteiger partial charge in [0.05, 0.1) is 6.54 Å². The van der Waals surface area contributed by atoms with Crippen molar-refractivity contribution in [2.24, 2.45) is 5.92 Å². The molecule has 0 unspecified atom stereocenters. The maximum atomic E-state index is 11.9. The molecule has 0 spiro atoms. The number of nitrogens with zero attached hydrogens (tertiary/aromatic N) is 1. The first-order valence-electron chi connectivity index (χ1n) is 6.33. The van der Waals surface area contributed by atoms with Crippen molar-refractivity contribution in [1.29, 1.82) is 0 Å². The van der Waals surface area contributed by atoms with Crippen molar-refractivity contribution in [1.82, 2.24) is 10.2 Å². The van der Waals surface area contributed by atoms with Crippen LogP contribution in [0.5, 0.6) is 0 Å². The van der Waals surface area contributed by atoms with E-state index in [1.54, 1.807) is 26.2 Å². The second kappa shape index (κ2) is 6.02. The van der Waals surface area contributed by atoms with Crippen LogP contribution in [0.3, 0.4) is 0 Å². The molecular formula is C14H16Cl2N2O2. The second-order valence-electron chi connectivity index (χ2n) is 5.12. The third-order valence-electron chi connectivity index (χ3n) is 3.40. The summed E-state index contributed by atoms with van der Waals surface area (Å²) in [6.07, 6.45) is 0.753. The van der Waals surface area contributed by atoms with E-state index in [0.717, 1.165) is 12.0 Å². The third-order valence-corrected chi connectivity index (χ3v) is 3.96. The fourth-order valence-electron chi connectivity index (χ4n) is 2.08. The zero-order chi connectivity index (χ0) is 14.9. The Labute approximate surface area is 128 Å². The standard InChI is InChI=1S/C14H16Cl2N2O2/c1-18(2)13(19)7-17-14(20)11-6-10(11)9-4-3-8(15)5-12(9)16/h3-5,10-11H,6-7H2,1-2H3,(H,17,20)/t10-,11+/m0/s1. The van der Waals surface area contributed by atoms with Gasteiger partial charge < -0.3 is 10.2 Å². The molecule has 1 aliphatic rings. The molecule has 1 saturated carbocycles. The number of amides is 2. The van der Waals surface area contributed by atoms with Crippen LogP contribution < -0.4 is 5.32 Å². The molecule has 2 atom stereocenters. The molecule has 1 aromatic rings. The monoisotopic (exact) mass is 314 g/mol. The van der Waals surface area contributed by atoms with E-state index in [-0.39, 0.29) is 30.2 Å². The normalized spacial score (nSPS) is 20.4. The first-order valence-corrected chi connectivity index (χ1v) is 7.08. The average Bonchev–Trinajstić information content (AvgIpc) is 3.15. The van der Waals surface area contributed by atoms with E-state index in [2.05, 4.69) is 5.32 Å². The number of hydrogen-bond acceptors (Lipinski definition) is 2. The van der Waals surface area contributed by atoms with Gasteiger partial charge in [0.15, 0.2) is 0 Å². The lowest BCUT2D eigenvalue weighted by Gasteiger charge is -2.11. The molecule has 20 heavy (non-hydrogen) atoms. The molecule has 0 saturated heterocycles. The lowest BCUT2D eigenvalue weighted by molar-refractivity contribution is -0.131. The van der Waals surface area contributed by atoms with E-state index in [1.807, 2.05) is 6.07 Å². The van der Waals surface area contributed by atoms with Gasteiger partial charge in [-0.1, -0.05) is 29.3 Å². The van der Waals surface area contributed by atoms with Gasteiger partial charge in [-0.3, -0.25) is 9.59 Å². The van der Waals surface area contributed by atoms with Gasteiger partial charge in [0.2, 0.25) is 11.8 Å². The van der Waals surface area contributed by atoms with Crippen LogP contribution >= 0.6 is 23.2 Å². The van der Waals surface area contributed by atoms with Gasteiger partial charge in [0.1, 0.15) is 0 Å². The van der Waals surface area contributed by atoms with Crippen molar-refractivity contribution in [2.45, 2.75) is 12.3 Å². The van der Waals surface area contributed by atoms with Crippen LogP contribution in [0.2, 0.25) is 10.0 Å². The van der Waals surface area contributed by atoms with E-state index in [9.17, 15) is 9.59 Å². The average molecular weight is 315 g/mol. The molecule has 6 heteroatoms. The predicted molar refractivity (Wildman–Crippen MR) is 79.0 cm³/mol. The Hall–Kier alpha value is -1.26. The minimum Gasteiger partial charge on any atom is -0.347 e. The van der Waals surface area contributed by atoms with Crippen molar-refractivity contribution in [3.63, 3.8) is 0 Å². The highest BCUT2D eigenvalue weighted by Gasteiger charge is 2.44. The van der Waals surface area contributed by atoms with Crippen LogP contribution in [0.15, 0.2) is 18.2 Å². The molecule has 2 rings (SSSR count). The largest absolute Gasteiger partial charge is 0.347 e. The summed E-state index contributed by atoms with van der Waals surface area (Å²) in [5, 5.41) is 3.82. The molecule has 0 heterocycles. The molecule has 0 aromatic heterocycles. The topological polar surface area (TPSA) is 49.4 Å². The highest BCUT2D eigenvalue weighted by molar-refractivity contribution is 6.35. The Balaban J connectivity index is 1.91. The van der Waals surface area contributed by atoms with Crippen molar-refractivity contribution >= 4 is 35.0 Å². The molecule has 0 aliphatic heterocycles. The van der Waals surface area contributed by atoms with Crippen LogP contribution in [-0.4, -0.2) is 37.4 Å². The van der Waals surface area contributed by atoms with Gasteiger partial charge in [-0.15, -0.1) is 0 Å². The summed E-state index contributed by atoms with van der Waals surface area (Å²) < 4.78 is 0. The molecular weight excluding hydrogens is 299 g/mol. The van der Waals surface area contributed by atoms with Crippen LogP contribution in [0.1, 0.15) is 17.9 Å². The van der Waals surface area contributed by atoms with Crippen LogP contribution in [0, 0.1) is 5.92 Å². The molecule has 108 valence electrons. The summed E-state index contributed by atoms with van der Waals surface area (Å²) in [6.45, 7) is 0.0312. The smallest absolute Gasteiger partial charge is 0.241 e. The van der Waals surface area contributed by atoms with Crippen LogP contribution in [-0.2, 0) is 9.59 Å². The van der Waals surface area contributed by atoms with E-state index in [0.29, 0.717) is 10.0 Å². The van der Waals surface area contributed by atoms with Gasteiger partial charge in [-0.05, 0) is 30.0 Å². The number of halogens is 2. The summed E-state index contributed by atoms with van der Waals surface area (Å²) >= 11 is 12.0. The zero-order valence-electron chi connectivity index (χ0n) is 11.3. The lowest BCUT2D eigenvalue weighted by atomic mass is 10.1. The van der Waals surface area contributed by atoms with Gasteiger partial charge in [-0.2, -0.15) is 0 Å². The van der Waals surface area contributed by atoms with E-state index in [4.69, 9.17) is 23.2 Å². The molecule has 0 bridgehead atoms. The summed E-state index contributed by atoms with van der Waals surface area (Å²) in [7, 11) is 3.31. The van der Waals surface area contributed by atoms with Crippen molar-refractivity contribution in [3.8, 4) is 0 Å². The number of carbonyl (C=O) groups is 2. The molecule has 2 amide bonds. The lowest BCUT2D eigenvalue weighted by Crippen LogP contribution is -2.37. The van der Waals surface area contributed by atoms with Crippen molar-refractivity contribution < 1.29 is 9.59 Å². The number of nitrogens with one attached hydrogen (secondary N) is 1. The first-order chi connectivity index (χ1) is 9.40. The summed E-state index contributed by atoms with van der Waals surface area (Å²) in [4.78, 5) is 24.8. The maximum absolute atomic E-state index is 11.9. The van der Waals surface area contributed by atoms with Gasteiger partial charge >= 0.3 is 0 Å². The quantitative estimate of drug-likeness (QED) is 0.927. The maximum Gasteiger partial charge on any atom is 0.241 e. The van der Waals surface area contributed by atoms with Crippen LogP contribution in [0.25, 0.3) is 0 Å². The van der Waals surface area contributed by atoms with Crippen molar-refractivity contribution in [3.05, 3.63) is 33.8 Å². The second-order valence-corrected chi connectivity index (χ2v) is 5.96. The minimum atomic E-state index is -0.125. The summed E-state index contributed by atoms with van der Waals surface area (Å²) in [5.41, 5.74) is 0.940. The number of likely N-dealkylation sites (N-methyl/N-ethyl adjacent to an activating group) is 1. The van der Waals surface area contributed by atoms with Gasteiger partial charge in [0, 0.05) is 30.1 Å². The molecule has 1 aromatic carbocycles. The van der Waals surface area contributed by atoms with E-state index < -0.39 is 0 Å². The van der Waals surface area contributed by atoms with Gasteiger partial charge in [-0.25, -0.2) is 0 Å². The summed E-state index contributed by atoms with van der Waals surface area (Å²) in [5.74, 6) is -0.214. The molecule has 1 aliphatic carbocycles. The number of carbonyl (C=O) groups excluding carboxylic acids is 2. The Morgan fingerprint density at radius 2 is 2.05 bits per heavy atom. The van der Waals surface area contributed by atoms with E-state index >= 15 is 0 Å². The Bertz CT molecular complexity index is 546. The molecule has 1 N–H and O–H groups in total. The molecule has 0 radical (unpaired) electrons. The Kier molecular flexibility index (Phi) is 4.55. The molecule has 4 nitrogen and oxygen atoms in total. The fraction of sp³-hybridized carbons (Fsp3) is 0.429. The number of rotatable bonds is 4. The van der Waals surface area contributed by atoms with E-state index in [1.165, 1.54) is 4.90 Å². The zero-order valence-corrected chi connectivity index (χ0v) is 12.8. The third kappa shape index (κ3) is 3.44. The Morgan fingerprint density at radius 1 is 1.35 bits per heavy atom. The van der Waals surface area contributed by atoms with Gasteiger partial charge in [0.25, 0.3) is 0 Å². The van der Waals surface area contributed by atoms with Crippen LogP contribution in [0.4, 0.5) is 0 Å². The first kappa shape index (κ1) is 15.1. The minimum absolute atomic E-state index is 0.0312. The predicted octanol–water partition coefficient (Wildman–Crippen LogP) is 2.30. The number of hydrogen-bond donors (Lipinski definition) is 1. The Morgan fingerprint density at radius 3 is 2.65 bits per heavy atom. The molecule has 1 fully saturated rings. The van der Waals surface area contributed by atoms with Crippen molar-refractivity contribution in [2.75, 3.05) is 20.6 Å². The summed E-state index contributed by atoms with van der Waals surface area (Å²) in [6, 6.07) is 5.31. The fourth-order valence-corrected chi connectivity index (χ4v) is 2.63. The highest BCUT2D eigenvalue weighted by atomic mass is 35.5. The number of benzene rings is 1.